The van der Waals surface area contributed by atoms with Crippen molar-refractivity contribution in [3.05, 3.63) is 36.5 Å². The topological polar surface area (TPSA) is 80.6 Å². The normalized spacial score (nSPS) is 23.5. The number of pyridine rings is 1. The maximum atomic E-state index is 10.6. The second-order valence-electron chi connectivity index (χ2n) is 7.95. The molecule has 0 aliphatic carbocycles. The summed E-state index contributed by atoms with van der Waals surface area (Å²) in [6.07, 6.45) is 6.46. The second-order valence-corrected chi connectivity index (χ2v) is 8.89. The van der Waals surface area contributed by atoms with Crippen molar-refractivity contribution < 1.29 is 14.6 Å². The Bertz CT molecular complexity index is 1040. The number of phenolic OH excluding ortho intramolecular Hbond substituents is 1. The Kier molecular flexibility index (Phi) is 5.04. The SMILES string of the molecule is COc1cc(-c2ccc(-c3nnc(OC4C[C@H]5CC[C@@H](C4)N5C)s3)c(O)c2)ccn1. The van der Waals surface area contributed by atoms with Crippen LogP contribution >= 0.6 is 11.3 Å². The second kappa shape index (κ2) is 7.85. The van der Waals surface area contributed by atoms with Gasteiger partial charge in [-0.05, 0) is 62.1 Å². The highest BCUT2D eigenvalue weighted by Gasteiger charge is 2.39. The van der Waals surface area contributed by atoms with Gasteiger partial charge in [0.05, 0.1) is 12.7 Å². The van der Waals surface area contributed by atoms with Gasteiger partial charge in [-0.15, -0.1) is 5.10 Å². The molecule has 0 radical (unpaired) electrons. The Morgan fingerprint density at radius 3 is 2.57 bits per heavy atom. The van der Waals surface area contributed by atoms with E-state index in [1.165, 1.54) is 24.2 Å². The Morgan fingerprint density at radius 2 is 1.83 bits per heavy atom. The zero-order valence-electron chi connectivity index (χ0n) is 17.0. The van der Waals surface area contributed by atoms with Crippen LogP contribution in [0.5, 0.6) is 16.8 Å². The Hall–Kier alpha value is -2.71. The summed E-state index contributed by atoms with van der Waals surface area (Å²) in [7, 11) is 3.80. The lowest BCUT2D eigenvalue weighted by molar-refractivity contribution is 0.0655. The summed E-state index contributed by atoms with van der Waals surface area (Å²) in [6.45, 7) is 0. The molecule has 30 heavy (non-hydrogen) atoms. The molecule has 5 rings (SSSR count). The molecule has 2 aliphatic heterocycles. The number of nitrogens with zero attached hydrogens (tertiary/aromatic N) is 4. The summed E-state index contributed by atoms with van der Waals surface area (Å²) in [6, 6.07) is 10.5. The molecule has 1 aromatic carbocycles. The van der Waals surface area contributed by atoms with E-state index in [1.54, 1.807) is 19.4 Å². The molecule has 2 saturated heterocycles. The van der Waals surface area contributed by atoms with E-state index in [2.05, 4.69) is 27.1 Å². The quantitative estimate of drug-likeness (QED) is 0.663. The number of methoxy groups -OCH3 is 1. The third kappa shape index (κ3) is 3.61. The first-order valence-corrected chi connectivity index (χ1v) is 11.0. The fraction of sp³-hybridized carbons (Fsp3) is 0.409. The Morgan fingerprint density at radius 1 is 1.07 bits per heavy atom. The van der Waals surface area contributed by atoms with E-state index < -0.39 is 0 Å². The largest absolute Gasteiger partial charge is 0.507 e. The number of aromatic hydroxyl groups is 1. The maximum Gasteiger partial charge on any atom is 0.294 e. The van der Waals surface area contributed by atoms with Crippen LogP contribution < -0.4 is 9.47 Å². The average molecular weight is 425 g/mol. The standard InChI is InChI=1S/C22H24N4O3S/c1-26-15-4-5-16(26)12-17(11-15)29-22-25-24-21(30-22)18-6-3-13(9-19(18)27)14-7-8-23-20(10-14)28-2/h3,6-10,15-17,27H,4-5,11-12H2,1-2H3/t15-,16+,17?. The van der Waals surface area contributed by atoms with Gasteiger partial charge in [-0.2, -0.15) is 0 Å². The predicted molar refractivity (Wildman–Crippen MR) is 115 cm³/mol. The minimum Gasteiger partial charge on any atom is -0.507 e. The molecule has 0 saturated carbocycles. The molecule has 2 fully saturated rings. The van der Waals surface area contributed by atoms with Gasteiger partial charge in [0.15, 0.2) is 5.01 Å². The fourth-order valence-corrected chi connectivity index (χ4v) is 5.35. The van der Waals surface area contributed by atoms with Crippen LogP contribution in [-0.2, 0) is 0 Å². The van der Waals surface area contributed by atoms with E-state index in [-0.39, 0.29) is 11.9 Å². The molecule has 7 nitrogen and oxygen atoms in total. The van der Waals surface area contributed by atoms with E-state index in [4.69, 9.17) is 9.47 Å². The summed E-state index contributed by atoms with van der Waals surface area (Å²) in [5.74, 6) is 0.688. The third-order valence-electron chi connectivity index (χ3n) is 6.23. The van der Waals surface area contributed by atoms with Crippen LogP contribution in [0.2, 0.25) is 0 Å². The predicted octanol–water partition coefficient (Wildman–Crippen LogP) is 3.99. The lowest BCUT2D eigenvalue weighted by Gasteiger charge is -2.35. The van der Waals surface area contributed by atoms with Gasteiger partial charge < -0.3 is 19.5 Å². The lowest BCUT2D eigenvalue weighted by atomic mass is 10.0. The van der Waals surface area contributed by atoms with Crippen LogP contribution in [0.25, 0.3) is 21.7 Å². The number of hydrogen-bond donors (Lipinski definition) is 1. The summed E-state index contributed by atoms with van der Waals surface area (Å²) in [4.78, 5) is 6.61. The van der Waals surface area contributed by atoms with E-state index in [9.17, 15) is 5.11 Å². The zero-order valence-corrected chi connectivity index (χ0v) is 17.8. The monoisotopic (exact) mass is 424 g/mol. The van der Waals surface area contributed by atoms with Gasteiger partial charge in [-0.1, -0.05) is 22.5 Å². The Labute approximate surface area is 179 Å². The first-order chi connectivity index (χ1) is 14.6. The number of piperidine rings is 1. The van der Waals surface area contributed by atoms with Gasteiger partial charge >= 0.3 is 0 Å². The molecular weight excluding hydrogens is 400 g/mol. The molecule has 4 heterocycles. The van der Waals surface area contributed by atoms with Crippen LogP contribution in [0.1, 0.15) is 25.7 Å². The number of hydrogen-bond acceptors (Lipinski definition) is 8. The molecule has 2 bridgehead atoms. The number of fused-ring (bicyclic) bond motifs is 2. The fourth-order valence-electron chi connectivity index (χ4n) is 4.56. The highest BCUT2D eigenvalue weighted by molar-refractivity contribution is 7.16. The zero-order chi connectivity index (χ0) is 20.7. The molecule has 3 aromatic rings. The van der Waals surface area contributed by atoms with Crippen LogP contribution in [0.3, 0.4) is 0 Å². The van der Waals surface area contributed by atoms with Crippen molar-refractivity contribution in [3.63, 3.8) is 0 Å². The average Bonchev–Trinajstić information content (AvgIpc) is 3.28. The Balaban J connectivity index is 1.32. The molecule has 8 heteroatoms. The van der Waals surface area contributed by atoms with E-state index in [0.29, 0.717) is 33.7 Å². The van der Waals surface area contributed by atoms with E-state index >= 15 is 0 Å². The lowest BCUT2D eigenvalue weighted by Crippen LogP contribution is -2.43. The molecule has 0 amide bonds. The molecular formula is C22H24N4O3S. The van der Waals surface area contributed by atoms with Crippen LogP contribution in [0.4, 0.5) is 0 Å². The first-order valence-electron chi connectivity index (χ1n) is 10.2. The van der Waals surface area contributed by atoms with Crippen molar-refractivity contribution in [3.8, 4) is 38.5 Å². The molecule has 2 aliphatic rings. The highest BCUT2D eigenvalue weighted by Crippen LogP contribution is 2.39. The number of aromatic nitrogens is 3. The van der Waals surface area contributed by atoms with Crippen LogP contribution in [0, 0.1) is 0 Å². The molecule has 2 aromatic heterocycles. The number of rotatable bonds is 5. The number of benzene rings is 1. The van der Waals surface area contributed by atoms with Crippen LogP contribution in [-0.4, -0.2) is 57.5 Å². The smallest absolute Gasteiger partial charge is 0.294 e. The van der Waals surface area contributed by atoms with Crippen molar-refractivity contribution in [2.45, 2.75) is 43.9 Å². The molecule has 3 atom stereocenters. The molecule has 156 valence electrons. The summed E-state index contributed by atoms with van der Waals surface area (Å²) >= 11 is 1.38. The van der Waals surface area contributed by atoms with Gasteiger partial charge in [0.25, 0.3) is 5.19 Å². The van der Waals surface area contributed by atoms with Gasteiger partial charge in [0.1, 0.15) is 11.9 Å². The van der Waals surface area contributed by atoms with Gasteiger partial charge in [-0.25, -0.2) is 4.98 Å². The third-order valence-corrected chi connectivity index (χ3v) is 7.08. The minimum atomic E-state index is 0.156. The molecule has 0 spiro atoms. The number of ether oxygens (including phenoxy) is 2. The summed E-state index contributed by atoms with van der Waals surface area (Å²) in [5.41, 5.74) is 2.44. The number of phenols is 1. The van der Waals surface area contributed by atoms with Gasteiger partial charge in [0, 0.05) is 24.3 Å². The van der Waals surface area contributed by atoms with Crippen molar-refractivity contribution in [2.75, 3.05) is 14.2 Å². The summed E-state index contributed by atoms with van der Waals surface area (Å²) < 4.78 is 11.3. The van der Waals surface area contributed by atoms with E-state index in [1.807, 2.05) is 24.3 Å². The van der Waals surface area contributed by atoms with Gasteiger partial charge in [-0.3, -0.25) is 0 Å². The van der Waals surface area contributed by atoms with E-state index in [0.717, 1.165) is 24.0 Å². The minimum absolute atomic E-state index is 0.156. The van der Waals surface area contributed by atoms with Crippen molar-refractivity contribution in [1.29, 1.82) is 0 Å². The molecule has 1 N–H and O–H groups in total. The summed E-state index contributed by atoms with van der Waals surface area (Å²) in [5, 5.41) is 20.3. The van der Waals surface area contributed by atoms with Crippen LogP contribution in [0.15, 0.2) is 36.5 Å². The van der Waals surface area contributed by atoms with Crippen molar-refractivity contribution in [1.82, 2.24) is 20.1 Å². The van der Waals surface area contributed by atoms with Crippen molar-refractivity contribution >= 4 is 11.3 Å². The van der Waals surface area contributed by atoms with Gasteiger partial charge in [0.2, 0.25) is 5.88 Å². The maximum absolute atomic E-state index is 10.6. The van der Waals surface area contributed by atoms with Crippen molar-refractivity contribution in [2.24, 2.45) is 0 Å². The highest BCUT2D eigenvalue weighted by atomic mass is 32.1. The molecule has 1 unspecified atom stereocenters. The first kappa shape index (κ1) is 19.3.